The molecule has 1 aromatic heterocycles. The number of carbonyl (C=O) groups is 2. The van der Waals surface area contributed by atoms with Crippen LogP contribution in [0.25, 0.3) is 0 Å². The van der Waals surface area contributed by atoms with Crippen molar-refractivity contribution in [3.63, 3.8) is 0 Å². The molecular weight excluding hydrogens is 344 g/mol. The van der Waals surface area contributed by atoms with Crippen LogP contribution in [0.5, 0.6) is 0 Å². The summed E-state index contributed by atoms with van der Waals surface area (Å²) in [6.45, 7) is 8.82. The van der Waals surface area contributed by atoms with Crippen molar-refractivity contribution in [3.8, 4) is 0 Å². The largest absolute Gasteiger partial charge is 0.479 e. The molecule has 146 valence electrons. The molecule has 3 rings (SSSR count). The van der Waals surface area contributed by atoms with Crippen LogP contribution in [0.4, 0.5) is 5.69 Å². The quantitative estimate of drug-likeness (QED) is 0.774. The predicted molar refractivity (Wildman–Crippen MR) is 104 cm³/mol. The number of amides is 1. The van der Waals surface area contributed by atoms with Gasteiger partial charge in [0.2, 0.25) is 5.91 Å². The molecule has 0 spiro atoms. The van der Waals surface area contributed by atoms with E-state index < -0.39 is 11.5 Å². The van der Waals surface area contributed by atoms with Crippen LogP contribution in [0.1, 0.15) is 45.7 Å². The Kier molecular flexibility index (Phi) is 5.22. The molecular formula is C20H28N4O3. The fourth-order valence-corrected chi connectivity index (χ4v) is 3.21. The average molecular weight is 372 g/mol. The van der Waals surface area contributed by atoms with E-state index in [1.807, 2.05) is 37.8 Å². The van der Waals surface area contributed by atoms with Crippen molar-refractivity contribution in [3.05, 3.63) is 24.0 Å². The Bertz CT molecular complexity index is 747. The highest BCUT2D eigenvalue weighted by Gasteiger charge is 2.50. The molecule has 2 heterocycles. The third kappa shape index (κ3) is 3.96. The molecule has 0 radical (unpaired) electrons. The van der Waals surface area contributed by atoms with E-state index >= 15 is 0 Å². The molecule has 7 nitrogen and oxygen atoms in total. The predicted octanol–water partition coefficient (Wildman–Crippen LogP) is 2.20. The van der Waals surface area contributed by atoms with Gasteiger partial charge < -0.3 is 14.9 Å². The number of anilines is 1. The molecule has 0 bridgehead atoms. The minimum atomic E-state index is -0.953. The van der Waals surface area contributed by atoms with E-state index in [9.17, 15) is 14.7 Å². The number of rotatable bonds is 6. The van der Waals surface area contributed by atoms with Crippen molar-refractivity contribution < 1.29 is 14.7 Å². The molecule has 1 saturated heterocycles. The van der Waals surface area contributed by atoms with Gasteiger partial charge in [0.15, 0.2) is 5.54 Å². The number of pyridine rings is 1. The summed E-state index contributed by atoms with van der Waals surface area (Å²) in [5, 5.41) is 9.28. The summed E-state index contributed by atoms with van der Waals surface area (Å²) in [4.78, 5) is 36.8. The minimum absolute atomic E-state index is 0.203. The number of carbonyl (C=O) groups excluding carboxylic acids is 1. The summed E-state index contributed by atoms with van der Waals surface area (Å²) < 4.78 is 0. The van der Waals surface area contributed by atoms with Crippen molar-refractivity contribution in [2.45, 2.75) is 45.6 Å². The highest BCUT2D eigenvalue weighted by Crippen LogP contribution is 2.40. The zero-order valence-electron chi connectivity index (χ0n) is 16.3. The first kappa shape index (κ1) is 19.3. The van der Waals surface area contributed by atoms with Gasteiger partial charge in [-0.1, -0.05) is 20.8 Å². The average Bonchev–Trinajstić information content (AvgIpc) is 3.47. The molecule has 1 aliphatic carbocycles. The van der Waals surface area contributed by atoms with Gasteiger partial charge >= 0.3 is 5.97 Å². The number of hydrogen-bond donors (Lipinski definition) is 1. The van der Waals surface area contributed by atoms with Crippen molar-refractivity contribution in [2.75, 3.05) is 31.1 Å². The zero-order chi connectivity index (χ0) is 19.7. The van der Waals surface area contributed by atoms with Crippen LogP contribution in [-0.2, 0) is 9.59 Å². The first-order chi connectivity index (χ1) is 12.8. The maximum atomic E-state index is 12.7. The van der Waals surface area contributed by atoms with Crippen LogP contribution in [0.3, 0.4) is 0 Å². The third-order valence-electron chi connectivity index (χ3n) is 5.74. The fourth-order valence-electron chi connectivity index (χ4n) is 3.21. The van der Waals surface area contributed by atoms with Crippen LogP contribution in [-0.4, -0.2) is 64.8 Å². The van der Waals surface area contributed by atoms with E-state index in [2.05, 4.69) is 14.9 Å². The third-order valence-corrected chi connectivity index (χ3v) is 5.74. The smallest absolute Gasteiger partial charge is 0.331 e. The summed E-state index contributed by atoms with van der Waals surface area (Å²) in [5.74, 6) is -0.670. The molecule has 2 fully saturated rings. The summed E-state index contributed by atoms with van der Waals surface area (Å²) in [7, 11) is 0. The first-order valence-electron chi connectivity index (χ1n) is 9.57. The topological polar surface area (TPSA) is 86.1 Å². The first-order valence-corrected chi connectivity index (χ1v) is 9.57. The Labute approximate surface area is 160 Å². The SMILES string of the molecule is CCC(C)(C)C(=O)N1CCN(c2cccnc2C=NC2(C(=O)O)CC2)CC1. The van der Waals surface area contributed by atoms with E-state index in [1.165, 1.54) is 0 Å². The molecule has 1 N–H and O–H groups in total. The summed E-state index contributed by atoms with van der Waals surface area (Å²) in [6, 6.07) is 3.84. The second kappa shape index (κ2) is 7.29. The lowest BCUT2D eigenvalue weighted by atomic mass is 9.88. The van der Waals surface area contributed by atoms with Gasteiger partial charge in [0.25, 0.3) is 0 Å². The lowest BCUT2D eigenvalue weighted by Crippen LogP contribution is -2.52. The summed E-state index contributed by atoms with van der Waals surface area (Å²) >= 11 is 0. The molecule has 0 unspecified atom stereocenters. The molecule has 2 aliphatic rings. The Morgan fingerprint density at radius 2 is 1.96 bits per heavy atom. The van der Waals surface area contributed by atoms with Gasteiger partial charge in [-0.15, -0.1) is 0 Å². The monoisotopic (exact) mass is 372 g/mol. The fraction of sp³-hybridized carbons (Fsp3) is 0.600. The second-order valence-corrected chi connectivity index (χ2v) is 8.02. The zero-order valence-corrected chi connectivity index (χ0v) is 16.3. The number of carboxylic acid groups (broad SMARTS) is 1. The van der Waals surface area contributed by atoms with Crippen molar-refractivity contribution >= 4 is 23.8 Å². The van der Waals surface area contributed by atoms with Crippen molar-refractivity contribution in [2.24, 2.45) is 10.4 Å². The van der Waals surface area contributed by atoms with Crippen molar-refractivity contribution in [1.82, 2.24) is 9.88 Å². The van der Waals surface area contributed by atoms with E-state index in [1.54, 1.807) is 12.4 Å². The highest BCUT2D eigenvalue weighted by molar-refractivity contribution is 5.90. The van der Waals surface area contributed by atoms with Gasteiger partial charge in [0, 0.05) is 37.8 Å². The molecule has 1 aliphatic heterocycles. The standard InChI is InChI=1S/C20H28N4O3/c1-4-19(2,3)17(25)24-12-10-23(11-13-24)16-6-5-9-21-15(16)14-22-20(7-8-20)18(26)27/h5-6,9,14H,4,7-8,10-13H2,1-3H3,(H,26,27). The lowest BCUT2D eigenvalue weighted by Gasteiger charge is -2.39. The highest BCUT2D eigenvalue weighted by atomic mass is 16.4. The summed E-state index contributed by atoms with van der Waals surface area (Å²) in [5.41, 5.74) is 0.331. The van der Waals surface area contributed by atoms with E-state index in [0.29, 0.717) is 31.6 Å². The normalized spacial score (nSPS) is 19.4. The molecule has 27 heavy (non-hydrogen) atoms. The maximum Gasteiger partial charge on any atom is 0.331 e. The van der Waals surface area contributed by atoms with Gasteiger partial charge in [0.1, 0.15) is 5.69 Å². The minimum Gasteiger partial charge on any atom is -0.479 e. The number of aliphatic imine (C=N–C) groups is 1. The lowest BCUT2D eigenvalue weighted by molar-refractivity contribution is -0.141. The Hall–Kier alpha value is -2.44. The molecule has 0 aromatic carbocycles. The van der Waals surface area contributed by atoms with Crippen LogP contribution < -0.4 is 4.90 Å². The van der Waals surface area contributed by atoms with Crippen LogP contribution >= 0.6 is 0 Å². The van der Waals surface area contributed by atoms with Gasteiger partial charge in [-0.2, -0.15) is 0 Å². The number of aromatic nitrogens is 1. The molecule has 1 aromatic rings. The van der Waals surface area contributed by atoms with E-state index in [0.717, 1.165) is 25.2 Å². The van der Waals surface area contributed by atoms with Gasteiger partial charge in [-0.25, -0.2) is 4.79 Å². The van der Waals surface area contributed by atoms with E-state index in [4.69, 9.17) is 0 Å². The van der Waals surface area contributed by atoms with Crippen LogP contribution in [0, 0.1) is 5.41 Å². The second-order valence-electron chi connectivity index (χ2n) is 8.02. The number of carboxylic acids is 1. The van der Waals surface area contributed by atoms with Crippen LogP contribution in [0.15, 0.2) is 23.3 Å². The number of aliphatic carboxylic acids is 1. The van der Waals surface area contributed by atoms with Gasteiger partial charge in [-0.05, 0) is 31.4 Å². The van der Waals surface area contributed by atoms with Gasteiger partial charge in [0.05, 0.1) is 11.9 Å². The van der Waals surface area contributed by atoms with E-state index in [-0.39, 0.29) is 11.3 Å². The molecule has 0 atom stereocenters. The van der Waals surface area contributed by atoms with Crippen molar-refractivity contribution in [1.29, 1.82) is 0 Å². The summed E-state index contributed by atoms with van der Waals surface area (Å²) in [6.07, 6.45) is 5.26. The number of hydrogen-bond acceptors (Lipinski definition) is 5. The Morgan fingerprint density at radius 3 is 2.52 bits per heavy atom. The molecule has 1 amide bonds. The Balaban J connectivity index is 1.70. The molecule has 1 saturated carbocycles. The number of nitrogens with zero attached hydrogens (tertiary/aromatic N) is 4. The Morgan fingerprint density at radius 1 is 1.30 bits per heavy atom. The number of piperazine rings is 1. The molecule has 7 heteroatoms. The maximum absolute atomic E-state index is 12.7. The van der Waals surface area contributed by atoms with Gasteiger partial charge in [-0.3, -0.25) is 14.8 Å². The van der Waals surface area contributed by atoms with Crippen LogP contribution in [0.2, 0.25) is 0 Å².